The number of hydrogen-bond acceptors (Lipinski definition) is 5. The van der Waals surface area contributed by atoms with Crippen molar-refractivity contribution in [3.8, 4) is 0 Å². The predicted octanol–water partition coefficient (Wildman–Crippen LogP) is -0.256. The van der Waals surface area contributed by atoms with Crippen molar-refractivity contribution in [3.63, 3.8) is 0 Å². The molecule has 1 amide bonds. The predicted molar refractivity (Wildman–Crippen MR) is 69.5 cm³/mol. The molecule has 2 N–H and O–H groups in total. The first-order valence-electron chi connectivity index (χ1n) is 6.50. The van der Waals surface area contributed by atoms with Gasteiger partial charge in [-0.15, -0.1) is 5.10 Å². The third-order valence-corrected chi connectivity index (χ3v) is 2.35. The zero-order valence-electron chi connectivity index (χ0n) is 11.5. The summed E-state index contributed by atoms with van der Waals surface area (Å²) in [6, 6.07) is 0. The van der Waals surface area contributed by atoms with Crippen LogP contribution in [-0.4, -0.2) is 51.9 Å². The summed E-state index contributed by atoms with van der Waals surface area (Å²) in [7, 11) is 0. The lowest BCUT2D eigenvalue weighted by molar-refractivity contribution is -0.121. The van der Waals surface area contributed by atoms with Gasteiger partial charge in [0.05, 0.1) is 11.8 Å². The molecule has 19 heavy (non-hydrogen) atoms. The molecule has 0 unspecified atom stereocenters. The highest BCUT2D eigenvalue weighted by molar-refractivity contribution is 5.75. The molecule has 1 rings (SSSR count). The normalized spacial score (nSPS) is 10.9. The van der Waals surface area contributed by atoms with E-state index in [2.05, 4.69) is 15.6 Å². The summed E-state index contributed by atoms with van der Waals surface area (Å²) in [6.45, 7) is 5.36. The fourth-order valence-electron chi connectivity index (χ4n) is 1.47. The van der Waals surface area contributed by atoms with E-state index in [1.807, 2.05) is 13.8 Å². The van der Waals surface area contributed by atoms with Crippen LogP contribution in [0.1, 0.15) is 26.0 Å². The van der Waals surface area contributed by atoms with E-state index >= 15 is 0 Å². The molecule has 0 fully saturated rings. The van der Waals surface area contributed by atoms with Crippen LogP contribution in [0.4, 0.5) is 0 Å². The van der Waals surface area contributed by atoms with Gasteiger partial charge in [-0.05, 0) is 20.3 Å². The summed E-state index contributed by atoms with van der Waals surface area (Å²) < 4.78 is 6.83. The lowest BCUT2D eigenvalue weighted by atomic mass is 10.3. The molecule has 7 nitrogen and oxygen atoms in total. The van der Waals surface area contributed by atoms with Crippen LogP contribution in [0, 0.1) is 0 Å². The Bertz CT molecular complexity index is 379. The van der Waals surface area contributed by atoms with Gasteiger partial charge in [-0.1, -0.05) is 5.21 Å². The zero-order chi connectivity index (χ0) is 14.1. The second-order valence-electron chi connectivity index (χ2n) is 4.50. The van der Waals surface area contributed by atoms with Gasteiger partial charge in [-0.3, -0.25) is 4.79 Å². The summed E-state index contributed by atoms with van der Waals surface area (Å²) in [5.41, 5.74) is 0.681. The number of aromatic nitrogens is 3. The smallest absolute Gasteiger partial charge is 0.241 e. The largest absolute Gasteiger partial charge is 0.396 e. The van der Waals surface area contributed by atoms with Crippen LogP contribution >= 0.6 is 0 Å². The number of carbonyl (C=O) groups is 1. The number of hydrogen-bond donors (Lipinski definition) is 2. The Hall–Kier alpha value is -1.47. The topological polar surface area (TPSA) is 89.3 Å². The SMILES string of the molecule is CC(C)OCCCNC(=O)Cn1cc(CCO)nn1. The molecule has 1 aromatic rings. The molecule has 0 saturated carbocycles. The molecule has 0 atom stereocenters. The molecule has 0 bridgehead atoms. The van der Waals surface area contributed by atoms with Crippen LogP contribution in [0.3, 0.4) is 0 Å². The molecule has 108 valence electrons. The molecule has 1 heterocycles. The molecule has 0 spiro atoms. The first-order chi connectivity index (χ1) is 9.11. The average Bonchev–Trinajstić information content (AvgIpc) is 2.76. The third kappa shape index (κ3) is 6.88. The van der Waals surface area contributed by atoms with Crippen molar-refractivity contribution in [1.29, 1.82) is 0 Å². The van der Waals surface area contributed by atoms with E-state index < -0.39 is 0 Å². The zero-order valence-corrected chi connectivity index (χ0v) is 11.5. The van der Waals surface area contributed by atoms with Crippen molar-refractivity contribution in [3.05, 3.63) is 11.9 Å². The first-order valence-corrected chi connectivity index (χ1v) is 6.50. The number of amides is 1. The molecular formula is C12H22N4O3. The van der Waals surface area contributed by atoms with E-state index in [9.17, 15) is 4.79 Å². The standard InChI is InChI=1S/C12H22N4O3/c1-10(2)19-7-3-5-13-12(18)9-16-8-11(4-6-17)14-15-16/h8,10,17H,3-7,9H2,1-2H3,(H,13,18). The number of rotatable bonds is 9. The summed E-state index contributed by atoms with van der Waals surface area (Å²) in [4.78, 5) is 11.6. The number of nitrogens with one attached hydrogen (secondary N) is 1. The van der Waals surface area contributed by atoms with Gasteiger partial charge in [0.25, 0.3) is 0 Å². The minimum absolute atomic E-state index is 0.0285. The van der Waals surface area contributed by atoms with E-state index in [0.717, 1.165) is 6.42 Å². The molecule has 7 heteroatoms. The van der Waals surface area contributed by atoms with Crippen molar-refractivity contribution in [1.82, 2.24) is 20.3 Å². The minimum atomic E-state index is -0.106. The van der Waals surface area contributed by atoms with Crippen molar-refractivity contribution in [2.24, 2.45) is 0 Å². The third-order valence-electron chi connectivity index (χ3n) is 2.35. The van der Waals surface area contributed by atoms with Gasteiger partial charge in [0.2, 0.25) is 5.91 Å². The summed E-state index contributed by atoms with van der Waals surface area (Å²) in [5.74, 6) is -0.106. The van der Waals surface area contributed by atoms with Crippen LogP contribution in [0.15, 0.2) is 6.20 Å². The van der Waals surface area contributed by atoms with E-state index in [1.165, 1.54) is 4.68 Å². The van der Waals surface area contributed by atoms with Gasteiger partial charge in [0.1, 0.15) is 6.54 Å². The van der Waals surface area contributed by atoms with Crippen LogP contribution in [0.25, 0.3) is 0 Å². The number of carbonyl (C=O) groups excluding carboxylic acids is 1. The number of ether oxygens (including phenoxy) is 1. The second kappa shape index (κ2) is 8.60. The Morgan fingerprint density at radius 2 is 2.37 bits per heavy atom. The van der Waals surface area contributed by atoms with Crippen LogP contribution in [0.5, 0.6) is 0 Å². The number of nitrogens with zero attached hydrogens (tertiary/aromatic N) is 3. The molecule has 0 aliphatic carbocycles. The van der Waals surface area contributed by atoms with Gasteiger partial charge in [0, 0.05) is 32.4 Å². The summed E-state index contributed by atoms with van der Waals surface area (Å²) >= 11 is 0. The quantitative estimate of drug-likeness (QED) is 0.604. The van der Waals surface area contributed by atoms with Gasteiger partial charge < -0.3 is 15.2 Å². The van der Waals surface area contributed by atoms with Crippen molar-refractivity contribution in [2.75, 3.05) is 19.8 Å². The first kappa shape index (κ1) is 15.6. The molecule has 0 aromatic carbocycles. The Kier molecular flexibility index (Phi) is 7.06. The highest BCUT2D eigenvalue weighted by Gasteiger charge is 2.05. The Balaban J connectivity index is 2.16. The molecule has 0 saturated heterocycles. The van der Waals surface area contributed by atoms with Gasteiger partial charge >= 0.3 is 0 Å². The van der Waals surface area contributed by atoms with Crippen molar-refractivity contribution >= 4 is 5.91 Å². The van der Waals surface area contributed by atoms with Crippen LogP contribution in [-0.2, 0) is 22.5 Å². The highest BCUT2D eigenvalue weighted by atomic mass is 16.5. The molecule has 0 aliphatic heterocycles. The van der Waals surface area contributed by atoms with Gasteiger partial charge in [-0.25, -0.2) is 4.68 Å². The van der Waals surface area contributed by atoms with Crippen molar-refractivity contribution in [2.45, 2.75) is 39.3 Å². The van der Waals surface area contributed by atoms with Crippen molar-refractivity contribution < 1.29 is 14.6 Å². The van der Waals surface area contributed by atoms with Crippen LogP contribution in [0.2, 0.25) is 0 Å². The Morgan fingerprint density at radius 3 is 3.05 bits per heavy atom. The fraction of sp³-hybridized carbons (Fsp3) is 0.750. The van der Waals surface area contributed by atoms with E-state index in [0.29, 0.717) is 25.3 Å². The van der Waals surface area contributed by atoms with E-state index in [4.69, 9.17) is 9.84 Å². The van der Waals surface area contributed by atoms with Crippen LogP contribution < -0.4 is 5.32 Å². The lowest BCUT2D eigenvalue weighted by Crippen LogP contribution is -2.29. The second-order valence-corrected chi connectivity index (χ2v) is 4.50. The molecule has 0 radical (unpaired) electrons. The summed E-state index contributed by atoms with van der Waals surface area (Å²) in [6.07, 6.45) is 3.12. The molecule has 1 aromatic heterocycles. The Labute approximate surface area is 112 Å². The highest BCUT2D eigenvalue weighted by Crippen LogP contribution is 1.94. The number of aliphatic hydroxyl groups is 1. The van der Waals surface area contributed by atoms with E-state index in [1.54, 1.807) is 6.20 Å². The maximum absolute atomic E-state index is 11.6. The monoisotopic (exact) mass is 270 g/mol. The number of aliphatic hydroxyl groups excluding tert-OH is 1. The van der Waals surface area contributed by atoms with E-state index in [-0.39, 0.29) is 25.2 Å². The maximum Gasteiger partial charge on any atom is 0.241 e. The minimum Gasteiger partial charge on any atom is -0.396 e. The molecular weight excluding hydrogens is 248 g/mol. The Morgan fingerprint density at radius 1 is 1.58 bits per heavy atom. The fourth-order valence-corrected chi connectivity index (χ4v) is 1.47. The maximum atomic E-state index is 11.6. The lowest BCUT2D eigenvalue weighted by Gasteiger charge is -2.08. The summed E-state index contributed by atoms with van der Waals surface area (Å²) in [5, 5.41) is 19.2. The average molecular weight is 270 g/mol. The van der Waals surface area contributed by atoms with Gasteiger partial charge in [-0.2, -0.15) is 0 Å². The molecule has 0 aliphatic rings. The van der Waals surface area contributed by atoms with Gasteiger partial charge in [0.15, 0.2) is 0 Å².